The Balaban J connectivity index is 2.50. The van der Waals surface area contributed by atoms with Gasteiger partial charge in [-0.15, -0.1) is 0 Å². The number of aromatic nitrogens is 2. The van der Waals surface area contributed by atoms with Crippen molar-refractivity contribution >= 4 is 5.91 Å². The summed E-state index contributed by atoms with van der Waals surface area (Å²) >= 11 is 0. The quantitative estimate of drug-likeness (QED) is 0.484. The van der Waals surface area contributed by atoms with Crippen LogP contribution in [0.2, 0.25) is 0 Å². The summed E-state index contributed by atoms with van der Waals surface area (Å²) < 4.78 is 0. The standard InChI is InChI=1S/C11H15N3O3/c1-2-3-4-5-12-9(15)6-8-7-10(16)14-11(17)13-8/h2-3,7H,4-6H2,1H3,(H,12,15)(H2,13,14,16,17)/b3-2+. The zero-order valence-electron chi connectivity index (χ0n) is 9.58. The molecule has 0 saturated heterocycles. The van der Waals surface area contributed by atoms with Gasteiger partial charge >= 0.3 is 5.69 Å². The van der Waals surface area contributed by atoms with Gasteiger partial charge in [0.15, 0.2) is 0 Å². The molecule has 92 valence electrons. The molecule has 1 aromatic rings. The van der Waals surface area contributed by atoms with Crippen LogP contribution in [-0.2, 0) is 11.2 Å². The van der Waals surface area contributed by atoms with Gasteiger partial charge in [0, 0.05) is 18.3 Å². The second-order valence-corrected chi connectivity index (χ2v) is 3.50. The molecule has 0 aliphatic rings. The zero-order valence-corrected chi connectivity index (χ0v) is 9.58. The van der Waals surface area contributed by atoms with E-state index >= 15 is 0 Å². The molecule has 0 bridgehead atoms. The molecule has 0 radical (unpaired) electrons. The fourth-order valence-corrected chi connectivity index (χ4v) is 1.31. The summed E-state index contributed by atoms with van der Waals surface area (Å²) in [5.74, 6) is -0.226. The van der Waals surface area contributed by atoms with Crippen molar-refractivity contribution in [2.75, 3.05) is 6.54 Å². The number of hydrogen-bond acceptors (Lipinski definition) is 3. The minimum atomic E-state index is -0.603. The highest BCUT2D eigenvalue weighted by Crippen LogP contribution is 1.88. The van der Waals surface area contributed by atoms with Gasteiger partial charge in [0.2, 0.25) is 5.91 Å². The van der Waals surface area contributed by atoms with Crippen molar-refractivity contribution in [3.05, 3.63) is 44.8 Å². The largest absolute Gasteiger partial charge is 0.355 e. The first-order valence-electron chi connectivity index (χ1n) is 5.32. The smallest absolute Gasteiger partial charge is 0.325 e. The maximum atomic E-state index is 11.4. The lowest BCUT2D eigenvalue weighted by atomic mass is 10.3. The number of carbonyl (C=O) groups excluding carboxylic acids is 1. The molecule has 0 unspecified atom stereocenters. The number of carbonyl (C=O) groups is 1. The molecular weight excluding hydrogens is 222 g/mol. The van der Waals surface area contributed by atoms with Crippen LogP contribution in [0, 0.1) is 0 Å². The van der Waals surface area contributed by atoms with E-state index in [0.717, 1.165) is 6.42 Å². The number of nitrogens with one attached hydrogen (secondary N) is 3. The van der Waals surface area contributed by atoms with Gasteiger partial charge in [-0.1, -0.05) is 12.2 Å². The van der Waals surface area contributed by atoms with Crippen LogP contribution in [-0.4, -0.2) is 22.4 Å². The van der Waals surface area contributed by atoms with Gasteiger partial charge in [-0.25, -0.2) is 4.79 Å². The van der Waals surface area contributed by atoms with E-state index in [-0.39, 0.29) is 12.3 Å². The Kier molecular flexibility index (Phi) is 4.93. The lowest BCUT2D eigenvalue weighted by molar-refractivity contribution is -0.120. The van der Waals surface area contributed by atoms with Crippen LogP contribution in [0.4, 0.5) is 0 Å². The number of aromatic amines is 2. The molecule has 1 heterocycles. The number of amides is 1. The molecular formula is C11H15N3O3. The van der Waals surface area contributed by atoms with Crippen molar-refractivity contribution in [2.45, 2.75) is 19.8 Å². The van der Waals surface area contributed by atoms with Gasteiger partial charge in [0.25, 0.3) is 5.56 Å². The van der Waals surface area contributed by atoms with E-state index < -0.39 is 11.2 Å². The summed E-state index contributed by atoms with van der Waals surface area (Å²) in [5, 5.41) is 2.68. The normalized spacial score (nSPS) is 10.6. The highest BCUT2D eigenvalue weighted by Gasteiger charge is 2.04. The Morgan fingerprint density at radius 1 is 1.41 bits per heavy atom. The van der Waals surface area contributed by atoms with Crippen molar-refractivity contribution < 1.29 is 4.79 Å². The number of H-pyrrole nitrogens is 2. The molecule has 1 amide bonds. The van der Waals surface area contributed by atoms with E-state index in [1.54, 1.807) is 0 Å². The maximum absolute atomic E-state index is 11.4. The van der Waals surface area contributed by atoms with Crippen LogP contribution in [0.25, 0.3) is 0 Å². The van der Waals surface area contributed by atoms with E-state index in [0.29, 0.717) is 12.2 Å². The third-order valence-corrected chi connectivity index (χ3v) is 2.04. The minimum Gasteiger partial charge on any atom is -0.355 e. The van der Waals surface area contributed by atoms with Crippen molar-refractivity contribution in [1.29, 1.82) is 0 Å². The van der Waals surface area contributed by atoms with Gasteiger partial charge in [0.05, 0.1) is 6.42 Å². The molecule has 0 saturated carbocycles. The van der Waals surface area contributed by atoms with Crippen molar-refractivity contribution in [3.63, 3.8) is 0 Å². The Morgan fingerprint density at radius 3 is 2.82 bits per heavy atom. The molecule has 6 heteroatoms. The third kappa shape index (κ3) is 4.96. The lowest BCUT2D eigenvalue weighted by Gasteiger charge is -2.02. The SMILES string of the molecule is C/C=C/CCNC(=O)Cc1cc(=O)[nH]c(=O)[nH]1. The predicted octanol–water partition coefficient (Wildman–Crippen LogP) is -0.312. The molecule has 1 aromatic heterocycles. The van der Waals surface area contributed by atoms with Gasteiger partial charge in [-0.2, -0.15) is 0 Å². The first-order chi connectivity index (χ1) is 8.11. The summed E-state index contributed by atoms with van der Waals surface area (Å²) in [5.41, 5.74) is -0.804. The molecule has 6 nitrogen and oxygen atoms in total. The summed E-state index contributed by atoms with van der Waals surface area (Å²) in [7, 11) is 0. The van der Waals surface area contributed by atoms with Crippen molar-refractivity contribution in [3.8, 4) is 0 Å². The maximum Gasteiger partial charge on any atom is 0.325 e. The Labute approximate surface area is 97.8 Å². The Hall–Kier alpha value is -2.11. The van der Waals surface area contributed by atoms with Crippen molar-refractivity contribution in [2.24, 2.45) is 0 Å². The van der Waals surface area contributed by atoms with Crippen LogP contribution in [0.5, 0.6) is 0 Å². The average Bonchev–Trinajstić information content (AvgIpc) is 2.23. The van der Waals surface area contributed by atoms with E-state index in [9.17, 15) is 14.4 Å². The fraction of sp³-hybridized carbons (Fsp3) is 0.364. The van der Waals surface area contributed by atoms with Crippen LogP contribution in [0.3, 0.4) is 0 Å². The van der Waals surface area contributed by atoms with Crippen molar-refractivity contribution in [1.82, 2.24) is 15.3 Å². The average molecular weight is 237 g/mol. The van der Waals surface area contributed by atoms with Crippen LogP contribution in [0.15, 0.2) is 27.8 Å². The second kappa shape index (κ2) is 6.47. The Morgan fingerprint density at radius 2 is 2.18 bits per heavy atom. The van der Waals surface area contributed by atoms with E-state index in [1.165, 1.54) is 6.07 Å². The molecule has 0 spiro atoms. The van der Waals surface area contributed by atoms with E-state index in [2.05, 4.69) is 10.3 Å². The first kappa shape index (κ1) is 13.0. The number of hydrogen-bond donors (Lipinski definition) is 3. The molecule has 0 aliphatic heterocycles. The molecule has 0 aromatic carbocycles. The molecule has 0 fully saturated rings. The van der Waals surface area contributed by atoms with Gasteiger partial charge in [0.1, 0.15) is 0 Å². The monoisotopic (exact) mass is 237 g/mol. The van der Waals surface area contributed by atoms with Gasteiger partial charge in [-0.05, 0) is 13.3 Å². The molecule has 0 aliphatic carbocycles. The van der Waals surface area contributed by atoms with E-state index in [1.807, 2.05) is 24.1 Å². The van der Waals surface area contributed by atoms with E-state index in [4.69, 9.17) is 0 Å². The minimum absolute atomic E-state index is 0.00496. The summed E-state index contributed by atoms with van der Waals surface area (Å²) in [4.78, 5) is 37.8. The third-order valence-electron chi connectivity index (χ3n) is 2.04. The molecule has 17 heavy (non-hydrogen) atoms. The van der Waals surface area contributed by atoms with Crippen LogP contribution in [0.1, 0.15) is 19.0 Å². The molecule has 0 atom stereocenters. The number of rotatable bonds is 5. The van der Waals surface area contributed by atoms with Gasteiger partial charge in [-0.3, -0.25) is 14.6 Å². The lowest BCUT2D eigenvalue weighted by Crippen LogP contribution is -2.29. The Bertz CT molecular complexity index is 485. The van der Waals surface area contributed by atoms with Crippen LogP contribution >= 0.6 is 0 Å². The number of allylic oxidation sites excluding steroid dienone is 1. The zero-order chi connectivity index (χ0) is 12.7. The second-order valence-electron chi connectivity index (χ2n) is 3.50. The van der Waals surface area contributed by atoms with Gasteiger partial charge < -0.3 is 10.3 Å². The van der Waals surface area contributed by atoms with Crippen LogP contribution < -0.4 is 16.6 Å². The molecule has 1 rings (SSSR count). The highest BCUT2D eigenvalue weighted by molar-refractivity contribution is 5.77. The first-order valence-corrected chi connectivity index (χ1v) is 5.32. The molecule has 3 N–H and O–H groups in total. The highest BCUT2D eigenvalue weighted by atomic mass is 16.2. The topological polar surface area (TPSA) is 94.8 Å². The summed E-state index contributed by atoms with van der Waals surface area (Å²) in [6, 6.07) is 1.20. The summed E-state index contributed by atoms with van der Waals surface area (Å²) in [6.07, 6.45) is 4.60. The summed E-state index contributed by atoms with van der Waals surface area (Å²) in [6.45, 7) is 2.44. The predicted molar refractivity (Wildman–Crippen MR) is 63.8 cm³/mol. The fourth-order valence-electron chi connectivity index (χ4n) is 1.31.